The fourth-order valence-electron chi connectivity index (χ4n) is 6.63. The van der Waals surface area contributed by atoms with Gasteiger partial charge in [-0.25, -0.2) is 0 Å². The maximum atomic E-state index is 13.8. The molecule has 2 fully saturated rings. The first-order chi connectivity index (χ1) is 17.6. The van der Waals surface area contributed by atoms with Crippen molar-refractivity contribution in [2.24, 2.45) is 5.92 Å². The first kappa shape index (κ1) is 28.2. The van der Waals surface area contributed by atoms with Gasteiger partial charge in [0.1, 0.15) is 5.75 Å². The molecule has 1 saturated heterocycles. The van der Waals surface area contributed by atoms with Crippen LogP contribution >= 0.6 is 23.2 Å². The SMILES string of the molecule is COc1cccc([C@@]23CCN(C)C[C@@]2(OC)CC[C@H](N(CC(C)C)C(=O)Cc2ccc(Cl)c(Cl)c2)C3)c1. The van der Waals surface area contributed by atoms with Gasteiger partial charge in [-0.2, -0.15) is 0 Å². The first-order valence-corrected chi connectivity index (χ1v) is 14.0. The number of likely N-dealkylation sites (N-methyl/N-ethyl adjacent to an activating group) is 1. The maximum Gasteiger partial charge on any atom is 0.227 e. The van der Waals surface area contributed by atoms with Gasteiger partial charge in [0.05, 0.1) is 29.2 Å². The van der Waals surface area contributed by atoms with Gasteiger partial charge in [-0.05, 0) is 80.6 Å². The Morgan fingerprint density at radius 3 is 2.59 bits per heavy atom. The molecule has 0 unspecified atom stereocenters. The summed E-state index contributed by atoms with van der Waals surface area (Å²) in [7, 11) is 5.74. The van der Waals surface area contributed by atoms with Crippen LogP contribution in [0.1, 0.15) is 50.7 Å². The van der Waals surface area contributed by atoms with Crippen molar-refractivity contribution in [2.75, 3.05) is 40.9 Å². The smallest absolute Gasteiger partial charge is 0.227 e. The Kier molecular flexibility index (Phi) is 8.79. The molecule has 5 nitrogen and oxygen atoms in total. The van der Waals surface area contributed by atoms with Gasteiger partial charge in [-0.15, -0.1) is 0 Å². The van der Waals surface area contributed by atoms with Crippen molar-refractivity contribution < 1.29 is 14.3 Å². The number of amides is 1. The van der Waals surface area contributed by atoms with Gasteiger partial charge in [0.15, 0.2) is 0 Å². The molecule has 1 aliphatic heterocycles. The Labute approximate surface area is 232 Å². The average molecular weight is 548 g/mol. The van der Waals surface area contributed by atoms with E-state index in [1.807, 2.05) is 19.2 Å². The lowest BCUT2D eigenvalue weighted by atomic mass is 9.55. The highest BCUT2D eigenvalue weighted by atomic mass is 35.5. The van der Waals surface area contributed by atoms with E-state index in [1.165, 1.54) is 5.56 Å². The summed E-state index contributed by atoms with van der Waals surface area (Å²) in [5, 5.41) is 0.982. The number of carbonyl (C=O) groups excluding carboxylic acids is 1. The van der Waals surface area contributed by atoms with Crippen molar-refractivity contribution in [2.45, 2.75) is 63.0 Å². The molecule has 2 aromatic rings. The Hall–Kier alpha value is -1.79. The number of hydrogen-bond acceptors (Lipinski definition) is 4. The van der Waals surface area contributed by atoms with Crippen LogP contribution in [0, 0.1) is 5.92 Å². The summed E-state index contributed by atoms with van der Waals surface area (Å²) in [6.07, 6.45) is 3.95. The summed E-state index contributed by atoms with van der Waals surface area (Å²) >= 11 is 12.4. The molecule has 37 heavy (non-hydrogen) atoms. The lowest BCUT2D eigenvalue weighted by molar-refractivity contribution is -0.159. The van der Waals surface area contributed by atoms with Crippen molar-refractivity contribution in [1.29, 1.82) is 0 Å². The van der Waals surface area contributed by atoms with Crippen LogP contribution in [0.25, 0.3) is 0 Å². The molecule has 0 radical (unpaired) electrons. The first-order valence-electron chi connectivity index (χ1n) is 13.2. The second-order valence-corrected chi connectivity index (χ2v) is 12.1. The van der Waals surface area contributed by atoms with Crippen molar-refractivity contribution in [3.05, 3.63) is 63.6 Å². The highest BCUT2D eigenvalue weighted by Crippen LogP contribution is 2.54. The van der Waals surface area contributed by atoms with Crippen molar-refractivity contribution in [3.63, 3.8) is 0 Å². The van der Waals surface area contributed by atoms with E-state index in [4.69, 9.17) is 32.7 Å². The molecule has 1 saturated carbocycles. The number of likely N-dealkylation sites (tertiary alicyclic amines) is 1. The fraction of sp³-hybridized carbons (Fsp3) is 0.567. The Bertz CT molecular complexity index is 1110. The Balaban J connectivity index is 1.70. The molecule has 0 aromatic heterocycles. The molecule has 202 valence electrons. The standard InChI is InChI=1S/C30H40Cl2N2O3/c1-21(2)19-34(28(35)16-22-9-10-26(31)27(32)15-22)24-11-12-30(37-5)20-33(3)14-13-29(30,18-24)23-7-6-8-25(17-23)36-4/h6-10,15,17,21,24H,11-14,16,18-20H2,1-5H3/t24-,29-,30-/m0/s1. The van der Waals surface area contributed by atoms with E-state index in [0.717, 1.165) is 56.6 Å². The predicted molar refractivity (Wildman–Crippen MR) is 151 cm³/mol. The van der Waals surface area contributed by atoms with Crippen LogP contribution < -0.4 is 4.74 Å². The van der Waals surface area contributed by atoms with Gasteiger partial charge < -0.3 is 19.3 Å². The molecule has 2 aromatic carbocycles. The Morgan fingerprint density at radius 2 is 1.92 bits per heavy atom. The van der Waals surface area contributed by atoms with Crippen LogP contribution in [0.15, 0.2) is 42.5 Å². The van der Waals surface area contributed by atoms with Crippen LogP contribution in [0.5, 0.6) is 5.75 Å². The van der Waals surface area contributed by atoms with E-state index >= 15 is 0 Å². The van der Waals surface area contributed by atoms with Crippen LogP contribution in [-0.4, -0.2) is 68.3 Å². The number of carbonyl (C=O) groups is 1. The molecule has 0 bridgehead atoms. The van der Waals surface area contributed by atoms with E-state index in [9.17, 15) is 4.79 Å². The van der Waals surface area contributed by atoms with E-state index < -0.39 is 0 Å². The second-order valence-electron chi connectivity index (χ2n) is 11.3. The summed E-state index contributed by atoms with van der Waals surface area (Å²) in [5.74, 6) is 1.35. The van der Waals surface area contributed by atoms with Crippen LogP contribution in [-0.2, 0) is 21.4 Å². The topological polar surface area (TPSA) is 42.0 Å². The number of rotatable bonds is 8. The molecule has 0 spiro atoms. The van der Waals surface area contributed by atoms with Crippen LogP contribution in [0.3, 0.4) is 0 Å². The zero-order valence-electron chi connectivity index (χ0n) is 22.7. The number of benzene rings is 2. The zero-order chi connectivity index (χ0) is 26.8. The lowest BCUT2D eigenvalue weighted by Gasteiger charge is -2.60. The summed E-state index contributed by atoms with van der Waals surface area (Å²) in [6, 6.07) is 14.0. The normalized spacial score (nSPS) is 26.1. The van der Waals surface area contributed by atoms with E-state index in [2.05, 4.69) is 48.9 Å². The zero-order valence-corrected chi connectivity index (χ0v) is 24.2. The van der Waals surface area contributed by atoms with E-state index in [-0.39, 0.29) is 23.0 Å². The molecule has 3 atom stereocenters. The number of halogens is 2. The number of nitrogens with zero attached hydrogens (tertiary/aromatic N) is 2. The Morgan fingerprint density at radius 1 is 1.14 bits per heavy atom. The predicted octanol–water partition coefficient (Wildman–Crippen LogP) is 6.24. The van der Waals surface area contributed by atoms with Crippen LogP contribution in [0.4, 0.5) is 0 Å². The highest BCUT2D eigenvalue weighted by Gasteiger charge is 2.59. The number of hydrogen-bond donors (Lipinski definition) is 0. The average Bonchev–Trinajstić information content (AvgIpc) is 2.89. The van der Waals surface area contributed by atoms with Crippen molar-refractivity contribution >= 4 is 29.1 Å². The minimum Gasteiger partial charge on any atom is -0.497 e. The van der Waals surface area contributed by atoms with Gasteiger partial charge in [0, 0.05) is 31.7 Å². The molecule has 1 amide bonds. The van der Waals surface area contributed by atoms with Crippen molar-refractivity contribution in [1.82, 2.24) is 9.80 Å². The molecule has 2 aliphatic rings. The number of fused-ring (bicyclic) bond motifs is 1. The van der Waals surface area contributed by atoms with E-state index in [1.54, 1.807) is 19.2 Å². The third-order valence-electron chi connectivity index (χ3n) is 8.46. The molecule has 1 aliphatic carbocycles. The highest BCUT2D eigenvalue weighted by molar-refractivity contribution is 6.42. The third kappa shape index (κ3) is 5.66. The van der Waals surface area contributed by atoms with Gasteiger partial charge in [-0.1, -0.05) is 55.2 Å². The molecule has 4 rings (SSSR count). The van der Waals surface area contributed by atoms with Gasteiger partial charge in [0.2, 0.25) is 5.91 Å². The third-order valence-corrected chi connectivity index (χ3v) is 9.20. The fourth-order valence-corrected chi connectivity index (χ4v) is 6.95. The lowest BCUT2D eigenvalue weighted by Crippen LogP contribution is -2.67. The van der Waals surface area contributed by atoms with Gasteiger partial charge in [0.25, 0.3) is 0 Å². The molecule has 7 heteroatoms. The second kappa shape index (κ2) is 11.5. The quantitative estimate of drug-likeness (QED) is 0.393. The number of ether oxygens (including phenoxy) is 2. The molecule has 0 N–H and O–H groups in total. The maximum absolute atomic E-state index is 13.8. The van der Waals surface area contributed by atoms with Crippen molar-refractivity contribution in [3.8, 4) is 5.75 Å². The summed E-state index contributed by atoms with van der Waals surface area (Å²) in [5.41, 5.74) is 1.59. The van der Waals surface area contributed by atoms with E-state index in [0.29, 0.717) is 22.4 Å². The summed E-state index contributed by atoms with van der Waals surface area (Å²) < 4.78 is 12.1. The molecular weight excluding hydrogens is 507 g/mol. The van der Waals surface area contributed by atoms with Gasteiger partial charge in [-0.3, -0.25) is 4.79 Å². The molecular formula is C30H40Cl2N2O3. The molecule has 1 heterocycles. The minimum atomic E-state index is -0.320. The minimum absolute atomic E-state index is 0.121. The number of methoxy groups -OCH3 is 2. The summed E-state index contributed by atoms with van der Waals surface area (Å²) in [4.78, 5) is 18.3. The monoisotopic (exact) mass is 546 g/mol. The summed E-state index contributed by atoms with van der Waals surface area (Å²) in [6.45, 7) is 6.92. The number of piperidine rings is 1. The van der Waals surface area contributed by atoms with Crippen LogP contribution in [0.2, 0.25) is 10.0 Å². The largest absolute Gasteiger partial charge is 0.497 e. The van der Waals surface area contributed by atoms with Gasteiger partial charge >= 0.3 is 0 Å².